The number of nitrogens with one attached hydrogen (secondary N) is 1. The highest BCUT2D eigenvalue weighted by Gasteiger charge is 2.04. The van der Waals surface area contributed by atoms with E-state index < -0.39 is 6.61 Å². The zero-order valence-electron chi connectivity index (χ0n) is 9.48. The predicted octanol–water partition coefficient (Wildman–Crippen LogP) is 2.57. The number of alkyl halides is 2. The van der Waals surface area contributed by atoms with Crippen LogP contribution in [0.4, 0.5) is 8.78 Å². The van der Waals surface area contributed by atoms with Gasteiger partial charge < -0.3 is 14.5 Å². The van der Waals surface area contributed by atoms with Crippen molar-refractivity contribution in [2.24, 2.45) is 0 Å². The van der Waals surface area contributed by atoms with Crippen LogP contribution in [-0.4, -0.2) is 11.6 Å². The van der Waals surface area contributed by atoms with Gasteiger partial charge in [0.15, 0.2) is 6.39 Å². The van der Waals surface area contributed by atoms with Gasteiger partial charge in [0.05, 0.1) is 5.69 Å². The van der Waals surface area contributed by atoms with Crippen molar-refractivity contribution < 1.29 is 17.9 Å². The standard InChI is InChI=1S/C12H12F2N2O2/c13-12(14)18-11-3-1-2-9(4-11)5-15-6-10-7-17-8-16-10/h1-4,7-8,12,15H,5-6H2. The highest BCUT2D eigenvalue weighted by molar-refractivity contribution is 5.28. The third-order valence-corrected chi connectivity index (χ3v) is 2.24. The zero-order chi connectivity index (χ0) is 12.8. The molecule has 0 fully saturated rings. The summed E-state index contributed by atoms with van der Waals surface area (Å²) in [4.78, 5) is 3.95. The molecule has 2 aromatic rings. The minimum absolute atomic E-state index is 0.158. The summed E-state index contributed by atoms with van der Waals surface area (Å²) in [5.41, 5.74) is 1.65. The van der Waals surface area contributed by atoms with Crippen LogP contribution in [0.2, 0.25) is 0 Å². The number of benzene rings is 1. The SMILES string of the molecule is FC(F)Oc1cccc(CNCc2cocn2)c1. The molecule has 0 saturated heterocycles. The highest BCUT2D eigenvalue weighted by Crippen LogP contribution is 2.15. The molecule has 1 aromatic heterocycles. The number of halogens is 2. The number of hydrogen-bond acceptors (Lipinski definition) is 4. The van der Waals surface area contributed by atoms with Gasteiger partial charge in [0.1, 0.15) is 12.0 Å². The van der Waals surface area contributed by atoms with Crippen molar-refractivity contribution in [2.75, 3.05) is 0 Å². The Balaban J connectivity index is 1.85. The van der Waals surface area contributed by atoms with Gasteiger partial charge in [-0.15, -0.1) is 0 Å². The number of oxazole rings is 1. The number of rotatable bonds is 6. The van der Waals surface area contributed by atoms with E-state index in [4.69, 9.17) is 4.42 Å². The van der Waals surface area contributed by atoms with Crippen molar-refractivity contribution in [3.63, 3.8) is 0 Å². The summed E-state index contributed by atoms with van der Waals surface area (Å²) in [6.45, 7) is -1.72. The first-order chi connectivity index (χ1) is 8.74. The molecule has 0 radical (unpaired) electrons. The molecule has 1 aromatic carbocycles. The molecular formula is C12H12F2N2O2. The van der Waals surface area contributed by atoms with Crippen molar-refractivity contribution >= 4 is 0 Å². The molecule has 0 saturated carbocycles. The molecule has 1 heterocycles. The van der Waals surface area contributed by atoms with Crippen LogP contribution >= 0.6 is 0 Å². The first kappa shape index (κ1) is 12.5. The van der Waals surface area contributed by atoms with Crippen molar-refractivity contribution in [2.45, 2.75) is 19.7 Å². The smallest absolute Gasteiger partial charge is 0.387 e. The monoisotopic (exact) mass is 254 g/mol. The molecule has 0 aliphatic carbocycles. The summed E-state index contributed by atoms with van der Waals surface area (Å²) in [6, 6.07) is 6.56. The van der Waals surface area contributed by atoms with Gasteiger partial charge in [0, 0.05) is 13.1 Å². The van der Waals surface area contributed by atoms with Gasteiger partial charge in [0.2, 0.25) is 0 Å². The largest absolute Gasteiger partial charge is 0.451 e. The summed E-state index contributed by atoms with van der Waals surface area (Å²) < 4.78 is 33.2. The lowest BCUT2D eigenvalue weighted by atomic mass is 10.2. The van der Waals surface area contributed by atoms with Crippen molar-refractivity contribution in [1.82, 2.24) is 10.3 Å². The van der Waals surface area contributed by atoms with Crippen LogP contribution in [0.3, 0.4) is 0 Å². The molecule has 0 unspecified atom stereocenters. The fourth-order valence-electron chi connectivity index (χ4n) is 1.49. The first-order valence-corrected chi connectivity index (χ1v) is 5.35. The Morgan fingerprint density at radius 3 is 2.94 bits per heavy atom. The van der Waals surface area contributed by atoms with Crippen LogP contribution in [0.1, 0.15) is 11.3 Å². The maximum Gasteiger partial charge on any atom is 0.387 e. The van der Waals surface area contributed by atoms with E-state index in [1.54, 1.807) is 18.4 Å². The van der Waals surface area contributed by atoms with Gasteiger partial charge in [-0.1, -0.05) is 12.1 Å². The van der Waals surface area contributed by atoms with E-state index >= 15 is 0 Å². The van der Waals surface area contributed by atoms with Crippen LogP contribution in [-0.2, 0) is 13.1 Å². The van der Waals surface area contributed by atoms with E-state index in [-0.39, 0.29) is 5.75 Å². The van der Waals surface area contributed by atoms with E-state index in [1.165, 1.54) is 12.5 Å². The Morgan fingerprint density at radius 2 is 2.22 bits per heavy atom. The number of ether oxygens (including phenoxy) is 1. The van der Waals surface area contributed by atoms with Crippen LogP contribution in [0.25, 0.3) is 0 Å². The van der Waals surface area contributed by atoms with Gasteiger partial charge in [0.25, 0.3) is 0 Å². The fraction of sp³-hybridized carbons (Fsp3) is 0.250. The van der Waals surface area contributed by atoms with Crippen LogP contribution in [0.5, 0.6) is 5.75 Å². The summed E-state index contributed by atoms with van der Waals surface area (Å²) in [5, 5.41) is 3.12. The van der Waals surface area contributed by atoms with Crippen molar-refractivity contribution in [3.8, 4) is 5.75 Å². The Morgan fingerprint density at radius 1 is 1.33 bits per heavy atom. The normalized spacial score (nSPS) is 10.8. The molecule has 0 aliphatic heterocycles. The summed E-state index contributed by atoms with van der Waals surface area (Å²) in [5.74, 6) is 0.158. The van der Waals surface area contributed by atoms with Crippen LogP contribution in [0.15, 0.2) is 41.3 Å². The van der Waals surface area contributed by atoms with Gasteiger partial charge in [-0.25, -0.2) is 4.98 Å². The molecule has 0 amide bonds. The third kappa shape index (κ3) is 3.81. The third-order valence-electron chi connectivity index (χ3n) is 2.24. The maximum absolute atomic E-state index is 12.0. The second kappa shape index (κ2) is 6.11. The molecule has 18 heavy (non-hydrogen) atoms. The molecule has 0 bridgehead atoms. The minimum Gasteiger partial charge on any atom is -0.451 e. The minimum atomic E-state index is -2.80. The van der Waals surface area contributed by atoms with E-state index in [1.807, 2.05) is 6.07 Å². The number of nitrogens with zero attached hydrogens (tertiary/aromatic N) is 1. The fourth-order valence-corrected chi connectivity index (χ4v) is 1.49. The van der Waals surface area contributed by atoms with E-state index in [9.17, 15) is 8.78 Å². The zero-order valence-corrected chi connectivity index (χ0v) is 9.48. The van der Waals surface area contributed by atoms with Gasteiger partial charge in [-0.2, -0.15) is 8.78 Å². The van der Waals surface area contributed by atoms with Gasteiger partial charge in [-0.3, -0.25) is 0 Å². The second-order valence-electron chi connectivity index (χ2n) is 3.61. The number of hydrogen-bond donors (Lipinski definition) is 1. The average Bonchev–Trinajstić information content (AvgIpc) is 2.82. The molecule has 4 nitrogen and oxygen atoms in total. The molecule has 6 heteroatoms. The lowest BCUT2D eigenvalue weighted by molar-refractivity contribution is -0.0498. The summed E-state index contributed by atoms with van der Waals surface area (Å²) in [6.07, 6.45) is 2.90. The molecule has 96 valence electrons. The average molecular weight is 254 g/mol. The Bertz CT molecular complexity index is 475. The van der Waals surface area contributed by atoms with Crippen LogP contribution < -0.4 is 10.1 Å². The number of aromatic nitrogens is 1. The Labute approximate surface area is 103 Å². The predicted molar refractivity (Wildman–Crippen MR) is 60.1 cm³/mol. The van der Waals surface area contributed by atoms with Crippen LogP contribution in [0, 0.1) is 0 Å². The lowest BCUT2D eigenvalue weighted by Crippen LogP contribution is -2.13. The topological polar surface area (TPSA) is 47.3 Å². The second-order valence-corrected chi connectivity index (χ2v) is 3.61. The molecule has 1 N–H and O–H groups in total. The Hall–Kier alpha value is -1.95. The van der Waals surface area contributed by atoms with E-state index in [0.717, 1.165) is 11.3 Å². The van der Waals surface area contributed by atoms with E-state index in [2.05, 4.69) is 15.0 Å². The molecule has 0 aliphatic rings. The molecule has 2 rings (SSSR count). The van der Waals surface area contributed by atoms with E-state index in [0.29, 0.717) is 13.1 Å². The molecule has 0 atom stereocenters. The summed E-state index contributed by atoms with van der Waals surface area (Å²) >= 11 is 0. The molecular weight excluding hydrogens is 242 g/mol. The summed E-state index contributed by atoms with van der Waals surface area (Å²) in [7, 11) is 0. The quantitative estimate of drug-likeness (QED) is 0.860. The lowest BCUT2D eigenvalue weighted by Gasteiger charge is -2.07. The first-order valence-electron chi connectivity index (χ1n) is 5.35. The highest BCUT2D eigenvalue weighted by atomic mass is 19.3. The Kier molecular flexibility index (Phi) is 4.25. The van der Waals surface area contributed by atoms with Crippen molar-refractivity contribution in [1.29, 1.82) is 0 Å². The van der Waals surface area contributed by atoms with Gasteiger partial charge in [-0.05, 0) is 17.7 Å². The van der Waals surface area contributed by atoms with Crippen molar-refractivity contribution in [3.05, 3.63) is 48.2 Å². The maximum atomic E-state index is 12.0. The molecule has 0 spiro atoms. The van der Waals surface area contributed by atoms with Gasteiger partial charge >= 0.3 is 6.61 Å².